The van der Waals surface area contributed by atoms with E-state index >= 15 is 0 Å². The van der Waals surface area contributed by atoms with Crippen LogP contribution >= 0.6 is 0 Å². The minimum atomic E-state index is -5.89. The number of nitrogens with zero attached hydrogens (tertiary/aromatic N) is 5. The lowest BCUT2D eigenvalue weighted by Gasteiger charge is -2.20. The van der Waals surface area contributed by atoms with Crippen molar-refractivity contribution in [3.8, 4) is 0 Å². The maximum atomic E-state index is 14.1. The molecule has 0 aliphatic carbocycles. The Balaban J connectivity index is 1.63. The molecule has 0 saturated carbocycles. The van der Waals surface area contributed by atoms with Gasteiger partial charge in [-0.2, -0.15) is 32.1 Å². The quantitative estimate of drug-likeness (QED) is 0.366. The first-order chi connectivity index (χ1) is 16.9. The summed E-state index contributed by atoms with van der Waals surface area (Å²) in [7, 11) is 0. The molecule has 2 N–H and O–H groups in total. The number of aromatic nitrogens is 5. The molecule has 4 heterocycles. The number of hydrogen-bond acceptors (Lipinski definition) is 6. The number of hydrogen-bond donors (Lipinski definition) is 2. The number of carbonyl (C=O) groups is 2. The molecule has 10 nitrogen and oxygen atoms in total. The molecular weight excluding hydrogens is 493 g/mol. The Labute approximate surface area is 199 Å². The van der Waals surface area contributed by atoms with Crippen LogP contribution in [-0.4, -0.2) is 42.4 Å². The van der Waals surface area contributed by atoms with E-state index in [1.165, 1.54) is 24.1 Å². The van der Waals surface area contributed by atoms with Gasteiger partial charge in [0.2, 0.25) is 0 Å². The van der Waals surface area contributed by atoms with Gasteiger partial charge in [0, 0.05) is 24.5 Å². The van der Waals surface area contributed by atoms with Gasteiger partial charge in [-0.3, -0.25) is 14.3 Å². The minimum Gasteiger partial charge on any atom is -0.467 e. The third-order valence-corrected chi connectivity index (χ3v) is 5.02. The average Bonchev–Trinajstić information content (AvgIpc) is 3.55. The van der Waals surface area contributed by atoms with E-state index in [1.807, 2.05) is 0 Å². The summed E-state index contributed by atoms with van der Waals surface area (Å²) in [6.45, 7) is 3.37. The van der Waals surface area contributed by atoms with Crippen molar-refractivity contribution in [3.63, 3.8) is 0 Å². The van der Waals surface area contributed by atoms with Crippen LogP contribution < -0.4 is 10.6 Å². The number of amides is 2. The van der Waals surface area contributed by atoms with Gasteiger partial charge in [-0.1, -0.05) is 0 Å². The van der Waals surface area contributed by atoms with E-state index in [0.29, 0.717) is 18.4 Å². The van der Waals surface area contributed by atoms with Crippen LogP contribution in [0.2, 0.25) is 0 Å². The van der Waals surface area contributed by atoms with Gasteiger partial charge in [0.15, 0.2) is 17.0 Å². The predicted octanol–water partition coefficient (Wildman–Crippen LogP) is 3.68. The van der Waals surface area contributed by atoms with Gasteiger partial charge in [-0.05, 0) is 32.0 Å². The van der Waals surface area contributed by atoms with Gasteiger partial charge in [0.05, 0.1) is 18.5 Å². The summed E-state index contributed by atoms with van der Waals surface area (Å²) >= 11 is 0. The van der Waals surface area contributed by atoms with E-state index in [-0.39, 0.29) is 33.8 Å². The van der Waals surface area contributed by atoms with E-state index < -0.39 is 35.3 Å². The van der Waals surface area contributed by atoms with Crippen molar-refractivity contribution < 1.29 is 36.0 Å². The first kappa shape index (κ1) is 24.8. The van der Waals surface area contributed by atoms with Crippen molar-refractivity contribution in [3.05, 3.63) is 65.3 Å². The minimum absolute atomic E-state index is 0.0270. The Morgan fingerprint density at radius 3 is 2.50 bits per heavy atom. The van der Waals surface area contributed by atoms with E-state index in [2.05, 4.69) is 25.8 Å². The average molecular weight is 511 g/mol. The topological polar surface area (TPSA) is 119 Å². The standard InChI is InChI=1S/C21H18F5N7O3/c1-3-32-10-14(17(31-32)19(35)27-9-12-5-4-6-36-12)29-18(34)13-8-16-28-11(2)7-15(33(16)30-13)20(22,23)21(24,25)26/h4-8,10H,3,9H2,1-2H3,(H,27,35)(H,29,34). The Kier molecular flexibility index (Phi) is 6.24. The molecule has 0 unspecified atom stereocenters. The monoisotopic (exact) mass is 511 g/mol. The number of nitrogens with one attached hydrogen (secondary N) is 2. The van der Waals surface area contributed by atoms with E-state index in [9.17, 15) is 31.5 Å². The number of rotatable bonds is 7. The molecule has 0 bridgehead atoms. The zero-order valence-electron chi connectivity index (χ0n) is 18.7. The Hall–Kier alpha value is -4.30. The number of halogens is 5. The Morgan fingerprint density at radius 2 is 1.86 bits per heavy atom. The Bertz CT molecular complexity index is 1420. The van der Waals surface area contributed by atoms with Crippen LogP contribution in [0.3, 0.4) is 0 Å². The number of alkyl halides is 5. The summed E-state index contributed by atoms with van der Waals surface area (Å²) in [4.78, 5) is 29.4. The summed E-state index contributed by atoms with van der Waals surface area (Å²) in [5.74, 6) is -6.40. The number of anilines is 1. The second-order valence-corrected chi connectivity index (χ2v) is 7.62. The fourth-order valence-corrected chi connectivity index (χ4v) is 3.27. The van der Waals surface area contributed by atoms with E-state index in [0.717, 1.165) is 6.07 Å². The van der Waals surface area contributed by atoms with Crippen LogP contribution in [0.1, 0.15) is 45.0 Å². The normalized spacial score (nSPS) is 12.2. The maximum absolute atomic E-state index is 14.1. The number of furan rings is 1. The molecule has 15 heteroatoms. The molecule has 0 fully saturated rings. The van der Waals surface area contributed by atoms with Crippen molar-refractivity contribution in [2.75, 3.05) is 5.32 Å². The van der Waals surface area contributed by atoms with Crippen LogP contribution in [0.5, 0.6) is 0 Å². The summed E-state index contributed by atoms with van der Waals surface area (Å²) < 4.78 is 74.0. The molecule has 0 aromatic carbocycles. The summed E-state index contributed by atoms with van der Waals surface area (Å²) in [6.07, 6.45) is -3.10. The molecule has 0 atom stereocenters. The number of carbonyl (C=O) groups excluding carboxylic acids is 2. The zero-order valence-corrected chi connectivity index (χ0v) is 18.7. The third kappa shape index (κ3) is 4.63. The van der Waals surface area contributed by atoms with Crippen molar-refractivity contribution >= 4 is 23.1 Å². The fraction of sp³-hybridized carbons (Fsp3) is 0.286. The second kappa shape index (κ2) is 9.05. The number of aryl methyl sites for hydroxylation is 2. The molecule has 4 aromatic heterocycles. The first-order valence-corrected chi connectivity index (χ1v) is 10.4. The van der Waals surface area contributed by atoms with Crippen molar-refractivity contribution in [1.82, 2.24) is 29.7 Å². The van der Waals surface area contributed by atoms with Crippen molar-refractivity contribution in [2.24, 2.45) is 0 Å². The molecule has 2 amide bonds. The van der Waals surface area contributed by atoms with E-state index in [1.54, 1.807) is 19.1 Å². The molecule has 0 aliphatic rings. The summed E-state index contributed by atoms with van der Waals surface area (Å²) in [6, 6.07) is 4.78. The lowest BCUT2D eigenvalue weighted by Crippen LogP contribution is -2.36. The highest BCUT2D eigenvalue weighted by Crippen LogP contribution is 2.43. The molecule has 36 heavy (non-hydrogen) atoms. The van der Waals surface area contributed by atoms with Gasteiger partial charge >= 0.3 is 12.1 Å². The van der Waals surface area contributed by atoms with Crippen LogP contribution in [0.4, 0.5) is 27.6 Å². The molecule has 0 radical (unpaired) electrons. The predicted molar refractivity (Wildman–Crippen MR) is 113 cm³/mol. The number of fused-ring (bicyclic) bond motifs is 1. The van der Waals surface area contributed by atoms with Crippen molar-refractivity contribution in [1.29, 1.82) is 0 Å². The van der Waals surface area contributed by atoms with Gasteiger partial charge < -0.3 is 15.1 Å². The molecular formula is C21H18F5N7O3. The van der Waals surface area contributed by atoms with Crippen LogP contribution in [0.25, 0.3) is 5.65 Å². The first-order valence-electron chi connectivity index (χ1n) is 10.4. The SMILES string of the molecule is CCn1cc(NC(=O)c2cc3nc(C)cc(C(F)(F)C(F)(F)F)n3n2)c(C(=O)NCc2ccco2)n1. The lowest BCUT2D eigenvalue weighted by molar-refractivity contribution is -0.291. The highest BCUT2D eigenvalue weighted by molar-refractivity contribution is 6.07. The van der Waals surface area contributed by atoms with Gasteiger partial charge in [-0.25, -0.2) is 9.50 Å². The lowest BCUT2D eigenvalue weighted by atomic mass is 10.2. The van der Waals surface area contributed by atoms with Gasteiger partial charge in [0.1, 0.15) is 11.5 Å². The largest absolute Gasteiger partial charge is 0.467 e. The molecule has 190 valence electrons. The summed E-state index contributed by atoms with van der Waals surface area (Å²) in [5, 5.41) is 12.7. The molecule has 4 rings (SSSR count). The summed E-state index contributed by atoms with van der Waals surface area (Å²) in [5.41, 5.74) is -2.70. The zero-order chi connectivity index (χ0) is 26.3. The van der Waals surface area contributed by atoms with Gasteiger partial charge in [-0.15, -0.1) is 0 Å². The highest BCUT2D eigenvalue weighted by Gasteiger charge is 2.60. The molecule has 0 saturated heterocycles. The van der Waals surface area contributed by atoms with E-state index in [4.69, 9.17) is 4.42 Å². The molecule has 0 spiro atoms. The third-order valence-electron chi connectivity index (χ3n) is 5.02. The second-order valence-electron chi connectivity index (χ2n) is 7.62. The maximum Gasteiger partial charge on any atom is 0.459 e. The molecule has 0 aliphatic heterocycles. The highest BCUT2D eigenvalue weighted by atomic mass is 19.4. The smallest absolute Gasteiger partial charge is 0.459 e. The van der Waals surface area contributed by atoms with Crippen LogP contribution in [0.15, 0.2) is 41.1 Å². The van der Waals surface area contributed by atoms with Crippen molar-refractivity contribution in [2.45, 2.75) is 39.0 Å². The molecule has 4 aromatic rings. The van der Waals surface area contributed by atoms with Gasteiger partial charge in [0.25, 0.3) is 11.8 Å². The Morgan fingerprint density at radius 1 is 1.11 bits per heavy atom. The fourth-order valence-electron chi connectivity index (χ4n) is 3.27. The van der Waals surface area contributed by atoms with Crippen LogP contribution in [-0.2, 0) is 19.0 Å². The van der Waals surface area contributed by atoms with Crippen LogP contribution in [0, 0.1) is 6.92 Å².